The van der Waals surface area contributed by atoms with Crippen LogP contribution < -0.4 is 20.3 Å². The van der Waals surface area contributed by atoms with E-state index in [-0.39, 0.29) is 35.7 Å². The molecule has 0 radical (unpaired) electrons. The van der Waals surface area contributed by atoms with Crippen LogP contribution in [0.5, 0.6) is 5.75 Å². The number of likely N-dealkylation sites (N-methyl/N-ethyl adjacent to an activating group) is 1. The summed E-state index contributed by atoms with van der Waals surface area (Å²) < 4.78 is 33.9. The molecular weight excluding hydrogens is 527 g/mol. The highest BCUT2D eigenvalue weighted by Gasteiger charge is 2.27. The summed E-state index contributed by atoms with van der Waals surface area (Å²) in [5.74, 6) is 0.425. The fourth-order valence-corrected chi connectivity index (χ4v) is 3.54. The molecule has 1 unspecified atom stereocenters. The smallest absolute Gasteiger partial charge is 0.191 e. The fourth-order valence-electron chi connectivity index (χ4n) is 3.54. The molecule has 1 heterocycles. The summed E-state index contributed by atoms with van der Waals surface area (Å²) >= 11 is 0. The fraction of sp³-hybridized carbons (Fsp3) is 0.435. The van der Waals surface area contributed by atoms with Crippen molar-refractivity contribution in [3.8, 4) is 5.75 Å². The van der Waals surface area contributed by atoms with Crippen molar-refractivity contribution in [1.29, 1.82) is 0 Å². The summed E-state index contributed by atoms with van der Waals surface area (Å²) in [6.45, 7) is 3.16. The van der Waals surface area contributed by atoms with Crippen LogP contribution in [0.25, 0.3) is 0 Å². The van der Waals surface area contributed by atoms with Gasteiger partial charge in [-0.25, -0.2) is 8.78 Å². The summed E-state index contributed by atoms with van der Waals surface area (Å²) in [4.78, 5) is 8.10. The Kier molecular flexibility index (Phi) is 10.4. The van der Waals surface area contributed by atoms with Crippen LogP contribution in [0.3, 0.4) is 0 Å². The minimum Gasteiger partial charge on any atom is -0.492 e. The zero-order valence-corrected chi connectivity index (χ0v) is 21.1. The number of halogens is 3. The van der Waals surface area contributed by atoms with E-state index in [0.717, 1.165) is 24.3 Å². The van der Waals surface area contributed by atoms with Crippen molar-refractivity contribution < 1.29 is 13.5 Å². The largest absolute Gasteiger partial charge is 0.492 e. The molecule has 0 saturated carbocycles. The van der Waals surface area contributed by atoms with Crippen LogP contribution in [0.2, 0.25) is 0 Å². The molecule has 0 aliphatic carbocycles. The number of hydrogen-bond acceptors (Lipinski definition) is 4. The van der Waals surface area contributed by atoms with E-state index in [1.54, 1.807) is 11.9 Å². The van der Waals surface area contributed by atoms with Crippen LogP contribution >= 0.6 is 24.0 Å². The second kappa shape index (κ2) is 12.8. The Balaban J connectivity index is 0.00000363. The quantitative estimate of drug-likeness (QED) is 0.295. The van der Waals surface area contributed by atoms with Crippen molar-refractivity contribution in [3.63, 3.8) is 0 Å². The van der Waals surface area contributed by atoms with Gasteiger partial charge >= 0.3 is 0 Å². The minimum atomic E-state index is -0.532. The first-order valence-corrected chi connectivity index (χ1v) is 10.5. The topological polar surface area (TPSA) is 52.1 Å². The molecule has 176 valence electrons. The molecule has 0 spiro atoms. The molecule has 0 bridgehead atoms. The van der Waals surface area contributed by atoms with Crippen molar-refractivity contribution >= 4 is 35.6 Å². The minimum absolute atomic E-state index is 0. The molecule has 0 amide bonds. The van der Waals surface area contributed by atoms with Crippen LogP contribution in [0.1, 0.15) is 12.0 Å². The Bertz CT molecular complexity index is 876. The van der Waals surface area contributed by atoms with Gasteiger partial charge < -0.3 is 25.2 Å². The maximum absolute atomic E-state index is 14.1. The van der Waals surface area contributed by atoms with Crippen molar-refractivity contribution in [3.05, 3.63) is 59.7 Å². The monoisotopic (exact) mass is 559 g/mol. The molecule has 2 aromatic carbocycles. The van der Waals surface area contributed by atoms with E-state index < -0.39 is 11.6 Å². The van der Waals surface area contributed by atoms with Crippen LogP contribution in [0.4, 0.5) is 14.5 Å². The van der Waals surface area contributed by atoms with Crippen LogP contribution in [0.15, 0.2) is 47.5 Å². The lowest BCUT2D eigenvalue weighted by Gasteiger charge is -2.21. The normalized spacial score (nSPS) is 16.1. The number of nitrogens with one attached hydrogen (secondary N) is 2. The van der Waals surface area contributed by atoms with Gasteiger partial charge in [-0.3, -0.25) is 4.99 Å². The SMILES string of the molecule is CN=C(NCc1cccc(OCCN(C)C)c1)NC1CCN(c2c(F)cccc2F)C1.I. The molecular formula is C23H32F2IN5O. The van der Waals surface area contributed by atoms with E-state index in [2.05, 4.69) is 20.5 Å². The lowest BCUT2D eigenvalue weighted by Crippen LogP contribution is -2.44. The summed E-state index contributed by atoms with van der Waals surface area (Å²) in [5.41, 5.74) is 1.12. The Labute approximate surface area is 206 Å². The van der Waals surface area contributed by atoms with E-state index in [1.165, 1.54) is 18.2 Å². The first-order chi connectivity index (χ1) is 15.0. The Morgan fingerprint density at radius 1 is 1.19 bits per heavy atom. The zero-order chi connectivity index (χ0) is 22.2. The number of rotatable bonds is 8. The van der Waals surface area contributed by atoms with E-state index in [0.29, 0.717) is 32.2 Å². The third-order valence-corrected chi connectivity index (χ3v) is 5.17. The van der Waals surface area contributed by atoms with Gasteiger partial charge in [0.25, 0.3) is 0 Å². The zero-order valence-electron chi connectivity index (χ0n) is 18.8. The number of para-hydroxylation sites is 1. The highest BCUT2D eigenvalue weighted by molar-refractivity contribution is 14.0. The third-order valence-electron chi connectivity index (χ3n) is 5.17. The van der Waals surface area contributed by atoms with Gasteiger partial charge in [-0.1, -0.05) is 18.2 Å². The molecule has 9 heteroatoms. The van der Waals surface area contributed by atoms with E-state index in [4.69, 9.17) is 4.74 Å². The average molecular weight is 559 g/mol. The standard InChI is InChI=1S/C23H31F2N5O.HI/c1-26-23(27-15-17-6-4-7-19(14-17)31-13-12-29(2)3)28-18-10-11-30(16-18)22-20(24)8-5-9-21(22)25;/h4-9,14,18H,10-13,15-16H2,1-3H3,(H2,26,27,28);1H. The predicted octanol–water partition coefficient (Wildman–Crippen LogP) is 3.47. The van der Waals surface area contributed by atoms with Crippen molar-refractivity contribution in [2.75, 3.05) is 52.3 Å². The van der Waals surface area contributed by atoms with Gasteiger partial charge in [0.1, 0.15) is 29.7 Å². The van der Waals surface area contributed by atoms with Crippen LogP contribution in [0, 0.1) is 11.6 Å². The number of nitrogens with zero attached hydrogens (tertiary/aromatic N) is 3. The van der Waals surface area contributed by atoms with Crippen LogP contribution in [-0.2, 0) is 6.54 Å². The summed E-state index contributed by atoms with van der Waals surface area (Å²) in [5, 5.41) is 6.65. The van der Waals surface area contributed by atoms with Gasteiger partial charge in [-0.15, -0.1) is 24.0 Å². The first kappa shape index (κ1) is 26.1. The highest BCUT2D eigenvalue weighted by atomic mass is 127. The second-order valence-electron chi connectivity index (χ2n) is 7.87. The van der Waals surface area contributed by atoms with E-state index in [9.17, 15) is 8.78 Å². The number of anilines is 1. The summed E-state index contributed by atoms with van der Waals surface area (Å²) in [7, 11) is 5.73. The molecule has 3 rings (SSSR count). The molecule has 32 heavy (non-hydrogen) atoms. The third kappa shape index (κ3) is 7.47. The lowest BCUT2D eigenvalue weighted by molar-refractivity contribution is 0.261. The molecule has 2 aromatic rings. The van der Waals surface area contributed by atoms with E-state index in [1.807, 2.05) is 38.4 Å². The van der Waals surface area contributed by atoms with Gasteiger partial charge in [0.15, 0.2) is 5.96 Å². The summed E-state index contributed by atoms with van der Waals surface area (Å²) in [6, 6.07) is 12.0. The first-order valence-electron chi connectivity index (χ1n) is 10.5. The van der Waals surface area contributed by atoms with Gasteiger partial charge in [0.05, 0.1) is 0 Å². The van der Waals surface area contributed by atoms with Gasteiger partial charge in [0.2, 0.25) is 0 Å². The van der Waals surface area contributed by atoms with Crippen molar-refractivity contribution in [2.45, 2.75) is 19.0 Å². The molecule has 1 fully saturated rings. The second-order valence-corrected chi connectivity index (χ2v) is 7.87. The molecule has 1 saturated heterocycles. The number of aliphatic imine (C=N–C) groups is 1. The summed E-state index contributed by atoms with van der Waals surface area (Å²) in [6.07, 6.45) is 0.768. The molecule has 1 aliphatic rings. The van der Waals surface area contributed by atoms with Gasteiger partial charge in [-0.05, 0) is 50.3 Å². The van der Waals surface area contributed by atoms with Gasteiger partial charge in [-0.2, -0.15) is 0 Å². The number of guanidine groups is 1. The van der Waals surface area contributed by atoms with Crippen molar-refractivity contribution in [2.24, 2.45) is 4.99 Å². The number of hydrogen-bond donors (Lipinski definition) is 2. The molecule has 0 aromatic heterocycles. The van der Waals surface area contributed by atoms with Crippen LogP contribution in [-0.4, -0.2) is 64.3 Å². The maximum Gasteiger partial charge on any atom is 0.191 e. The highest BCUT2D eigenvalue weighted by Crippen LogP contribution is 2.26. The molecule has 1 atom stereocenters. The predicted molar refractivity (Wildman–Crippen MR) is 136 cm³/mol. The van der Waals surface area contributed by atoms with E-state index >= 15 is 0 Å². The van der Waals surface area contributed by atoms with Crippen molar-refractivity contribution in [1.82, 2.24) is 15.5 Å². The number of ether oxygens (including phenoxy) is 1. The number of benzene rings is 2. The van der Waals surface area contributed by atoms with Gasteiger partial charge in [0, 0.05) is 39.3 Å². The Morgan fingerprint density at radius 2 is 1.91 bits per heavy atom. The average Bonchev–Trinajstić information content (AvgIpc) is 3.19. The lowest BCUT2D eigenvalue weighted by atomic mass is 10.2. The Morgan fingerprint density at radius 3 is 2.59 bits per heavy atom. The maximum atomic E-state index is 14.1. The molecule has 6 nitrogen and oxygen atoms in total. The Hall–Kier alpha value is -2.14. The molecule has 2 N–H and O–H groups in total. The molecule has 1 aliphatic heterocycles.